The summed E-state index contributed by atoms with van der Waals surface area (Å²) in [7, 11) is 0. The summed E-state index contributed by atoms with van der Waals surface area (Å²) in [4.78, 5) is 12.1. The monoisotopic (exact) mass is 321 g/mol. The highest BCUT2D eigenvalue weighted by Crippen LogP contribution is 2.48. The molecular formula is C18H18F3NO. The first-order valence-corrected chi connectivity index (χ1v) is 7.87. The number of carbonyl (C=O) groups excluding carboxylic acids is 1. The molecule has 5 heteroatoms. The minimum absolute atomic E-state index is 0.0375. The third-order valence-electron chi connectivity index (χ3n) is 4.85. The Balaban J connectivity index is 1.53. The number of halogens is 3. The second-order valence-corrected chi connectivity index (χ2v) is 6.38. The first kappa shape index (κ1) is 15.9. The van der Waals surface area contributed by atoms with E-state index in [1.54, 1.807) is 0 Å². The smallest absolute Gasteiger partial charge is 0.345 e. The van der Waals surface area contributed by atoms with E-state index in [0.29, 0.717) is 17.4 Å². The van der Waals surface area contributed by atoms with E-state index < -0.39 is 11.7 Å². The van der Waals surface area contributed by atoms with Gasteiger partial charge in [-0.3, -0.25) is 4.79 Å². The van der Waals surface area contributed by atoms with E-state index >= 15 is 0 Å². The molecule has 0 spiro atoms. The van der Waals surface area contributed by atoms with Crippen molar-refractivity contribution in [2.45, 2.75) is 31.9 Å². The van der Waals surface area contributed by atoms with E-state index in [2.05, 4.69) is 17.2 Å². The number of benzene rings is 1. The van der Waals surface area contributed by atoms with Crippen molar-refractivity contribution >= 4 is 5.91 Å². The van der Waals surface area contributed by atoms with Crippen LogP contribution in [0.2, 0.25) is 0 Å². The van der Waals surface area contributed by atoms with Gasteiger partial charge in [-0.2, -0.15) is 13.2 Å². The van der Waals surface area contributed by atoms with Gasteiger partial charge in [-0.05, 0) is 49.3 Å². The van der Waals surface area contributed by atoms with Crippen LogP contribution in [-0.4, -0.2) is 12.5 Å². The molecule has 0 radical (unpaired) electrons. The van der Waals surface area contributed by atoms with Crippen LogP contribution < -0.4 is 5.32 Å². The summed E-state index contributed by atoms with van der Waals surface area (Å²) in [5.74, 6) is 6.75. The first-order valence-electron chi connectivity index (χ1n) is 7.87. The zero-order valence-corrected chi connectivity index (χ0v) is 12.6. The molecule has 2 fully saturated rings. The zero-order valence-electron chi connectivity index (χ0n) is 12.6. The van der Waals surface area contributed by atoms with E-state index in [1.807, 2.05) is 0 Å². The number of amides is 1. The normalized spacial score (nSPS) is 25.8. The lowest BCUT2D eigenvalue weighted by Gasteiger charge is -2.19. The van der Waals surface area contributed by atoms with Crippen molar-refractivity contribution in [1.29, 1.82) is 0 Å². The van der Waals surface area contributed by atoms with Crippen molar-refractivity contribution in [3.63, 3.8) is 0 Å². The standard InChI is InChI=1S/C18H18F3NO/c19-18(20,21)15-5-1-3-12(10-15)4-2-8-22-17(23)16-11-13-6-7-14(16)9-13/h1,3,5,10,13-14,16H,6-9,11H2,(H,22,23)/t13-,14-,16+/m0/s1. The van der Waals surface area contributed by atoms with Gasteiger partial charge in [-0.15, -0.1) is 0 Å². The van der Waals surface area contributed by atoms with Crippen molar-refractivity contribution in [1.82, 2.24) is 5.32 Å². The third-order valence-corrected chi connectivity index (χ3v) is 4.85. The quantitative estimate of drug-likeness (QED) is 0.829. The molecule has 122 valence electrons. The van der Waals surface area contributed by atoms with Crippen molar-refractivity contribution in [3.8, 4) is 11.8 Å². The van der Waals surface area contributed by atoms with Crippen LogP contribution in [0.25, 0.3) is 0 Å². The molecule has 2 aliphatic rings. The fraction of sp³-hybridized carbons (Fsp3) is 0.500. The second kappa shape index (κ2) is 6.27. The van der Waals surface area contributed by atoms with Crippen molar-refractivity contribution in [3.05, 3.63) is 35.4 Å². The number of rotatable bonds is 2. The Morgan fingerprint density at radius 3 is 2.74 bits per heavy atom. The van der Waals surface area contributed by atoms with E-state index in [0.717, 1.165) is 31.4 Å². The Morgan fingerprint density at radius 2 is 2.09 bits per heavy atom. The van der Waals surface area contributed by atoms with Gasteiger partial charge in [0.15, 0.2) is 0 Å². The van der Waals surface area contributed by atoms with Crippen molar-refractivity contribution in [2.24, 2.45) is 17.8 Å². The molecule has 0 aromatic heterocycles. The van der Waals surface area contributed by atoms with Gasteiger partial charge in [0.05, 0.1) is 12.1 Å². The lowest BCUT2D eigenvalue weighted by atomic mass is 9.88. The molecule has 2 saturated carbocycles. The van der Waals surface area contributed by atoms with E-state index in [9.17, 15) is 18.0 Å². The number of hydrogen-bond donors (Lipinski definition) is 1. The number of fused-ring (bicyclic) bond motifs is 2. The molecular weight excluding hydrogens is 303 g/mol. The van der Waals surface area contributed by atoms with Gasteiger partial charge in [-0.1, -0.05) is 24.3 Å². The predicted molar refractivity (Wildman–Crippen MR) is 80.3 cm³/mol. The molecule has 1 N–H and O–H groups in total. The fourth-order valence-corrected chi connectivity index (χ4v) is 3.75. The topological polar surface area (TPSA) is 29.1 Å². The van der Waals surface area contributed by atoms with Crippen LogP contribution in [0.1, 0.15) is 36.8 Å². The fourth-order valence-electron chi connectivity index (χ4n) is 3.75. The maximum atomic E-state index is 12.6. The van der Waals surface area contributed by atoms with E-state index in [-0.39, 0.29) is 18.4 Å². The van der Waals surface area contributed by atoms with Gasteiger partial charge >= 0.3 is 6.18 Å². The van der Waals surface area contributed by atoms with Crippen LogP contribution >= 0.6 is 0 Å². The Bertz CT molecular complexity index is 656. The Labute approximate surface area is 133 Å². The molecule has 0 heterocycles. The van der Waals surface area contributed by atoms with Gasteiger partial charge in [0, 0.05) is 11.5 Å². The molecule has 1 aromatic rings. The van der Waals surface area contributed by atoms with Crippen molar-refractivity contribution in [2.75, 3.05) is 6.54 Å². The zero-order chi connectivity index (χ0) is 16.4. The van der Waals surface area contributed by atoms with Crippen LogP contribution in [0.4, 0.5) is 13.2 Å². The summed E-state index contributed by atoms with van der Waals surface area (Å²) in [5, 5.41) is 2.79. The summed E-state index contributed by atoms with van der Waals surface area (Å²) in [6, 6.07) is 4.90. The van der Waals surface area contributed by atoms with Crippen molar-refractivity contribution < 1.29 is 18.0 Å². The highest BCUT2D eigenvalue weighted by Gasteiger charge is 2.42. The third kappa shape index (κ3) is 3.69. The minimum atomic E-state index is -4.37. The minimum Gasteiger partial charge on any atom is -0.345 e. The van der Waals surface area contributed by atoms with Crippen LogP contribution in [-0.2, 0) is 11.0 Å². The number of hydrogen-bond acceptors (Lipinski definition) is 1. The molecule has 0 saturated heterocycles. The molecule has 1 aromatic carbocycles. The summed E-state index contributed by atoms with van der Waals surface area (Å²) in [5.41, 5.74) is -0.413. The lowest BCUT2D eigenvalue weighted by Crippen LogP contribution is -2.33. The molecule has 1 amide bonds. The predicted octanol–water partition coefficient (Wildman–Crippen LogP) is 3.61. The molecule has 0 unspecified atom stereocenters. The highest BCUT2D eigenvalue weighted by molar-refractivity contribution is 5.79. The van der Waals surface area contributed by atoms with Crippen LogP contribution in [0, 0.1) is 29.6 Å². The van der Waals surface area contributed by atoms with E-state index in [1.165, 1.54) is 18.6 Å². The average molecular weight is 321 g/mol. The SMILES string of the molecule is O=C(NCC#Cc1cccc(C(F)(F)F)c1)[C@@H]1C[C@H]2CC[C@H]1C2. The van der Waals surface area contributed by atoms with Gasteiger partial charge < -0.3 is 5.32 Å². The van der Waals surface area contributed by atoms with Gasteiger partial charge in [0.2, 0.25) is 5.91 Å². The molecule has 3 rings (SSSR count). The lowest BCUT2D eigenvalue weighted by molar-refractivity contribution is -0.137. The summed E-state index contributed by atoms with van der Waals surface area (Å²) >= 11 is 0. The number of carbonyl (C=O) groups is 1. The van der Waals surface area contributed by atoms with Crippen LogP contribution in [0.15, 0.2) is 24.3 Å². The molecule has 0 aliphatic heterocycles. The Kier molecular flexibility index (Phi) is 4.34. The summed E-state index contributed by atoms with van der Waals surface area (Å²) in [6.45, 7) is 0.170. The maximum absolute atomic E-state index is 12.6. The largest absolute Gasteiger partial charge is 0.416 e. The second-order valence-electron chi connectivity index (χ2n) is 6.38. The first-order chi connectivity index (χ1) is 10.9. The van der Waals surface area contributed by atoms with Crippen LogP contribution in [0.5, 0.6) is 0 Å². The molecule has 2 aliphatic carbocycles. The average Bonchev–Trinajstić information content (AvgIpc) is 3.14. The van der Waals surface area contributed by atoms with E-state index in [4.69, 9.17) is 0 Å². The molecule has 2 bridgehead atoms. The number of alkyl halides is 3. The van der Waals surface area contributed by atoms with Crippen LogP contribution in [0.3, 0.4) is 0 Å². The van der Waals surface area contributed by atoms with Gasteiger partial charge in [-0.25, -0.2) is 0 Å². The molecule has 3 atom stereocenters. The number of nitrogens with one attached hydrogen (secondary N) is 1. The summed E-state index contributed by atoms with van der Waals surface area (Å²) < 4.78 is 37.8. The summed E-state index contributed by atoms with van der Waals surface area (Å²) in [6.07, 6.45) is 0.141. The maximum Gasteiger partial charge on any atom is 0.416 e. The highest BCUT2D eigenvalue weighted by atomic mass is 19.4. The van der Waals surface area contributed by atoms with Gasteiger partial charge in [0.25, 0.3) is 0 Å². The molecule has 2 nitrogen and oxygen atoms in total. The van der Waals surface area contributed by atoms with Gasteiger partial charge in [0.1, 0.15) is 0 Å². The molecule has 23 heavy (non-hydrogen) atoms. The Morgan fingerprint density at radius 1 is 1.26 bits per heavy atom. The Hall–Kier alpha value is -1.96.